The monoisotopic (exact) mass is 271 g/mol. The molecular formula is C14H22ClNS. The van der Waals surface area contributed by atoms with Gasteiger partial charge < -0.3 is 5.73 Å². The third-order valence-corrected chi connectivity index (χ3v) is 5.62. The molecule has 96 valence electrons. The zero-order chi connectivity index (χ0) is 12.7. The second kappa shape index (κ2) is 4.56. The number of thiophene rings is 1. The third kappa shape index (κ3) is 2.86. The minimum Gasteiger partial charge on any atom is -0.321 e. The van der Waals surface area contributed by atoms with Gasteiger partial charge in [-0.3, -0.25) is 0 Å². The van der Waals surface area contributed by atoms with Crippen molar-refractivity contribution in [2.24, 2.45) is 17.1 Å². The Balaban J connectivity index is 2.07. The van der Waals surface area contributed by atoms with Crippen molar-refractivity contribution in [3.05, 3.63) is 21.3 Å². The Bertz CT molecular complexity index is 383. The highest BCUT2D eigenvalue weighted by Crippen LogP contribution is 2.45. The number of hydrogen-bond acceptors (Lipinski definition) is 2. The summed E-state index contributed by atoms with van der Waals surface area (Å²) < 4.78 is 0.850. The molecule has 1 heterocycles. The van der Waals surface area contributed by atoms with Crippen molar-refractivity contribution in [2.75, 3.05) is 0 Å². The van der Waals surface area contributed by atoms with Crippen LogP contribution in [0.2, 0.25) is 4.34 Å². The summed E-state index contributed by atoms with van der Waals surface area (Å²) >= 11 is 7.65. The smallest absolute Gasteiger partial charge is 0.0931 e. The van der Waals surface area contributed by atoms with Crippen LogP contribution in [0.15, 0.2) is 12.1 Å². The van der Waals surface area contributed by atoms with E-state index in [1.807, 2.05) is 6.07 Å². The lowest BCUT2D eigenvalue weighted by Gasteiger charge is -2.41. The summed E-state index contributed by atoms with van der Waals surface area (Å²) in [4.78, 5) is 1.26. The van der Waals surface area contributed by atoms with Crippen LogP contribution in [0.3, 0.4) is 0 Å². The first-order valence-corrected chi connectivity index (χ1v) is 7.55. The third-order valence-electron chi connectivity index (χ3n) is 4.17. The fraction of sp³-hybridized carbons (Fsp3) is 0.714. The van der Waals surface area contributed by atoms with Gasteiger partial charge in [0.05, 0.1) is 9.88 Å². The van der Waals surface area contributed by atoms with E-state index in [0.717, 1.165) is 23.1 Å². The quantitative estimate of drug-likeness (QED) is 0.781. The summed E-state index contributed by atoms with van der Waals surface area (Å²) in [6, 6.07) is 4.07. The molecule has 1 aliphatic rings. The van der Waals surface area contributed by atoms with Crippen molar-refractivity contribution >= 4 is 22.9 Å². The van der Waals surface area contributed by atoms with Crippen molar-refractivity contribution in [2.45, 2.75) is 52.0 Å². The van der Waals surface area contributed by atoms with E-state index in [1.54, 1.807) is 11.3 Å². The lowest BCUT2D eigenvalue weighted by molar-refractivity contribution is 0.135. The maximum atomic E-state index is 6.55. The van der Waals surface area contributed by atoms with Crippen LogP contribution in [0.4, 0.5) is 0 Å². The summed E-state index contributed by atoms with van der Waals surface area (Å²) in [6.45, 7) is 7.01. The van der Waals surface area contributed by atoms with Gasteiger partial charge in [-0.25, -0.2) is 0 Å². The molecule has 2 rings (SSSR count). The van der Waals surface area contributed by atoms with E-state index in [4.69, 9.17) is 17.3 Å². The first-order chi connectivity index (χ1) is 7.81. The molecule has 1 fully saturated rings. The molecule has 17 heavy (non-hydrogen) atoms. The maximum Gasteiger partial charge on any atom is 0.0931 e. The average Bonchev–Trinajstić information content (AvgIpc) is 2.65. The molecule has 0 spiro atoms. The van der Waals surface area contributed by atoms with Crippen LogP contribution in [0.25, 0.3) is 0 Å². The molecule has 0 unspecified atom stereocenters. The van der Waals surface area contributed by atoms with E-state index in [2.05, 4.69) is 26.8 Å². The molecule has 0 aromatic carbocycles. The summed E-state index contributed by atoms with van der Waals surface area (Å²) in [5.74, 6) is 0.801. The second-order valence-corrected chi connectivity index (χ2v) is 8.12. The SMILES string of the molecule is CC(C)(C)C1CCC(N)(c2ccc(Cl)s2)CC1. The predicted molar refractivity (Wildman–Crippen MR) is 76.6 cm³/mol. The number of halogens is 1. The fourth-order valence-electron chi connectivity index (χ4n) is 2.83. The molecule has 0 bridgehead atoms. The molecule has 0 amide bonds. The predicted octanol–water partition coefficient (Wildman–Crippen LogP) is 4.79. The Morgan fingerprint density at radius 1 is 1.29 bits per heavy atom. The van der Waals surface area contributed by atoms with E-state index in [-0.39, 0.29) is 5.54 Å². The van der Waals surface area contributed by atoms with Gasteiger partial charge in [0.1, 0.15) is 0 Å². The standard InChI is InChI=1S/C14H22ClNS/c1-13(2,3)10-6-8-14(16,9-7-10)11-4-5-12(15)17-11/h4-5,10H,6-9,16H2,1-3H3. The van der Waals surface area contributed by atoms with Crippen LogP contribution in [0, 0.1) is 11.3 Å². The molecule has 1 saturated carbocycles. The minimum atomic E-state index is -0.125. The van der Waals surface area contributed by atoms with Crippen molar-refractivity contribution in [1.82, 2.24) is 0 Å². The van der Waals surface area contributed by atoms with Gasteiger partial charge in [-0.15, -0.1) is 11.3 Å². The van der Waals surface area contributed by atoms with Crippen LogP contribution in [-0.2, 0) is 5.54 Å². The lowest BCUT2D eigenvalue weighted by Crippen LogP contribution is -2.41. The zero-order valence-corrected chi connectivity index (χ0v) is 12.5. The highest BCUT2D eigenvalue weighted by Gasteiger charge is 2.37. The van der Waals surface area contributed by atoms with E-state index in [9.17, 15) is 0 Å². The Morgan fingerprint density at radius 2 is 1.88 bits per heavy atom. The van der Waals surface area contributed by atoms with Crippen LogP contribution in [-0.4, -0.2) is 0 Å². The van der Waals surface area contributed by atoms with Crippen molar-refractivity contribution in [3.63, 3.8) is 0 Å². The first kappa shape index (κ1) is 13.4. The molecule has 1 aromatic rings. The van der Waals surface area contributed by atoms with Gasteiger partial charge in [-0.1, -0.05) is 32.4 Å². The molecule has 0 aliphatic heterocycles. The molecule has 1 nitrogen and oxygen atoms in total. The van der Waals surface area contributed by atoms with Gasteiger partial charge in [0, 0.05) is 4.88 Å². The van der Waals surface area contributed by atoms with Crippen LogP contribution < -0.4 is 5.73 Å². The Labute approximate surface area is 113 Å². The molecular weight excluding hydrogens is 250 g/mol. The molecule has 1 aliphatic carbocycles. The van der Waals surface area contributed by atoms with Crippen LogP contribution in [0.1, 0.15) is 51.3 Å². The maximum absolute atomic E-state index is 6.55. The minimum absolute atomic E-state index is 0.125. The van der Waals surface area contributed by atoms with Gasteiger partial charge in [-0.2, -0.15) is 0 Å². The summed E-state index contributed by atoms with van der Waals surface area (Å²) in [7, 11) is 0. The molecule has 0 saturated heterocycles. The number of hydrogen-bond donors (Lipinski definition) is 1. The summed E-state index contributed by atoms with van der Waals surface area (Å²) in [5, 5.41) is 0. The van der Waals surface area contributed by atoms with Gasteiger partial charge in [-0.05, 0) is 49.1 Å². The highest BCUT2D eigenvalue weighted by molar-refractivity contribution is 7.16. The Kier molecular flexibility index (Phi) is 3.59. The number of rotatable bonds is 1. The second-order valence-electron chi connectivity index (χ2n) is 6.40. The lowest BCUT2D eigenvalue weighted by atomic mass is 9.67. The summed E-state index contributed by atoms with van der Waals surface area (Å²) in [5.41, 5.74) is 6.84. The molecule has 0 atom stereocenters. The zero-order valence-electron chi connectivity index (χ0n) is 10.9. The first-order valence-electron chi connectivity index (χ1n) is 6.36. The molecule has 2 N–H and O–H groups in total. The topological polar surface area (TPSA) is 26.0 Å². The van der Waals surface area contributed by atoms with Crippen molar-refractivity contribution in [3.8, 4) is 0 Å². The Morgan fingerprint density at radius 3 is 2.29 bits per heavy atom. The van der Waals surface area contributed by atoms with E-state index in [0.29, 0.717) is 5.41 Å². The van der Waals surface area contributed by atoms with Crippen LogP contribution in [0.5, 0.6) is 0 Å². The molecule has 3 heteroatoms. The van der Waals surface area contributed by atoms with E-state index in [1.165, 1.54) is 17.7 Å². The Hall–Kier alpha value is -0.0500. The fourth-order valence-corrected chi connectivity index (χ4v) is 4.03. The largest absolute Gasteiger partial charge is 0.321 e. The van der Waals surface area contributed by atoms with Gasteiger partial charge in [0.25, 0.3) is 0 Å². The average molecular weight is 272 g/mol. The summed E-state index contributed by atoms with van der Waals surface area (Å²) in [6.07, 6.45) is 4.64. The van der Waals surface area contributed by atoms with Crippen molar-refractivity contribution in [1.29, 1.82) is 0 Å². The van der Waals surface area contributed by atoms with E-state index >= 15 is 0 Å². The molecule has 1 aromatic heterocycles. The highest BCUT2D eigenvalue weighted by atomic mass is 35.5. The van der Waals surface area contributed by atoms with Gasteiger partial charge in [0.2, 0.25) is 0 Å². The van der Waals surface area contributed by atoms with E-state index < -0.39 is 0 Å². The van der Waals surface area contributed by atoms with Crippen LogP contribution >= 0.6 is 22.9 Å². The normalized spacial score (nSPS) is 30.5. The van der Waals surface area contributed by atoms with Gasteiger partial charge in [0.15, 0.2) is 0 Å². The van der Waals surface area contributed by atoms with Gasteiger partial charge >= 0.3 is 0 Å². The number of nitrogens with two attached hydrogens (primary N) is 1. The van der Waals surface area contributed by atoms with Crippen molar-refractivity contribution < 1.29 is 0 Å². The molecule has 0 radical (unpaired) electrons.